The third-order valence-corrected chi connectivity index (χ3v) is 2.38. The monoisotopic (exact) mass is 226 g/mol. The average Bonchev–Trinajstić information content (AvgIpc) is 2.74. The van der Waals surface area contributed by atoms with E-state index in [2.05, 4.69) is 10.2 Å². The Bertz CT molecular complexity index is 458. The maximum absolute atomic E-state index is 12.9. The van der Waals surface area contributed by atoms with E-state index in [1.54, 1.807) is 6.20 Å². The van der Waals surface area contributed by atoms with E-state index in [-0.39, 0.29) is 5.02 Å². The number of hydrogen-bond acceptors (Lipinski definition) is 2. The van der Waals surface area contributed by atoms with Crippen molar-refractivity contribution < 1.29 is 9.50 Å². The van der Waals surface area contributed by atoms with E-state index in [4.69, 9.17) is 11.6 Å². The molecular formula is C10H8ClFN2O. The second-order valence-corrected chi connectivity index (χ2v) is 3.51. The van der Waals surface area contributed by atoms with Gasteiger partial charge in [0.15, 0.2) is 0 Å². The number of aromatic amines is 1. The molecule has 0 saturated heterocycles. The second kappa shape index (κ2) is 4.00. The number of halogens is 2. The van der Waals surface area contributed by atoms with E-state index in [0.717, 1.165) is 0 Å². The molecule has 1 atom stereocenters. The van der Waals surface area contributed by atoms with Crippen molar-refractivity contribution in [3.05, 3.63) is 52.6 Å². The first-order chi connectivity index (χ1) is 7.18. The van der Waals surface area contributed by atoms with Crippen molar-refractivity contribution in [1.29, 1.82) is 0 Å². The molecule has 1 aromatic heterocycles. The van der Waals surface area contributed by atoms with E-state index in [1.807, 2.05) is 0 Å². The smallest absolute Gasteiger partial charge is 0.141 e. The molecule has 0 amide bonds. The third-order valence-electron chi connectivity index (χ3n) is 2.09. The van der Waals surface area contributed by atoms with Crippen LogP contribution in [-0.4, -0.2) is 15.3 Å². The van der Waals surface area contributed by atoms with Gasteiger partial charge in [0.25, 0.3) is 0 Å². The fourth-order valence-corrected chi connectivity index (χ4v) is 1.47. The van der Waals surface area contributed by atoms with Crippen molar-refractivity contribution in [3.63, 3.8) is 0 Å². The van der Waals surface area contributed by atoms with Gasteiger partial charge in [-0.1, -0.05) is 17.7 Å². The predicted octanol–water partition coefficient (Wildman–Crippen LogP) is 2.28. The summed E-state index contributed by atoms with van der Waals surface area (Å²) in [5.74, 6) is -0.500. The lowest BCUT2D eigenvalue weighted by Crippen LogP contribution is -1.98. The lowest BCUT2D eigenvalue weighted by Gasteiger charge is -2.08. The molecule has 3 nitrogen and oxygen atoms in total. The Hall–Kier alpha value is -1.39. The molecule has 0 radical (unpaired) electrons. The van der Waals surface area contributed by atoms with Gasteiger partial charge in [-0.15, -0.1) is 0 Å². The minimum atomic E-state index is -0.846. The maximum Gasteiger partial charge on any atom is 0.141 e. The highest BCUT2D eigenvalue weighted by atomic mass is 35.5. The Morgan fingerprint density at radius 2 is 2.20 bits per heavy atom. The number of H-pyrrole nitrogens is 1. The zero-order chi connectivity index (χ0) is 10.8. The molecule has 0 fully saturated rings. The summed E-state index contributed by atoms with van der Waals surface area (Å²) in [5, 5.41) is 16.2. The Kier molecular flexibility index (Phi) is 2.70. The molecule has 0 saturated carbocycles. The summed E-state index contributed by atoms with van der Waals surface area (Å²) in [6.07, 6.45) is 2.23. The standard InChI is InChI=1S/C10H8ClFN2O/c11-8-3-6(1-2-9(8)12)10(15)7-4-13-14-5-7/h1-5,10,15H,(H,13,14). The number of hydrogen-bond donors (Lipinski definition) is 2. The third kappa shape index (κ3) is 2.00. The van der Waals surface area contributed by atoms with E-state index in [9.17, 15) is 9.50 Å². The van der Waals surface area contributed by atoms with Crippen molar-refractivity contribution in [3.8, 4) is 0 Å². The first-order valence-corrected chi connectivity index (χ1v) is 4.68. The van der Waals surface area contributed by atoms with Gasteiger partial charge in [-0.05, 0) is 17.7 Å². The Morgan fingerprint density at radius 3 is 2.80 bits per heavy atom. The summed E-state index contributed by atoms with van der Waals surface area (Å²) >= 11 is 5.61. The highest BCUT2D eigenvalue weighted by Crippen LogP contribution is 2.24. The molecule has 0 spiro atoms. The first kappa shape index (κ1) is 10.1. The van der Waals surface area contributed by atoms with Crippen LogP contribution >= 0.6 is 11.6 Å². The van der Waals surface area contributed by atoms with Gasteiger partial charge in [-0.3, -0.25) is 5.10 Å². The molecule has 1 heterocycles. The number of benzene rings is 1. The molecule has 0 bridgehead atoms. The van der Waals surface area contributed by atoms with Gasteiger partial charge in [-0.2, -0.15) is 5.10 Å². The number of aliphatic hydroxyl groups is 1. The number of aromatic nitrogens is 2. The number of nitrogens with one attached hydrogen (secondary N) is 1. The van der Waals surface area contributed by atoms with Crippen LogP contribution in [0.3, 0.4) is 0 Å². The largest absolute Gasteiger partial charge is 0.384 e. The lowest BCUT2D eigenvalue weighted by atomic mass is 10.1. The van der Waals surface area contributed by atoms with E-state index >= 15 is 0 Å². The van der Waals surface area contributed by atoms with Gasteiger partial charge in [0, 0.05) is 11.8 Å². The minimum Gasteiger partial charge on any atom is -0.384 e. The molecular weight excluding hydrogens is 219 g/mol. The fraction of sp³-hybridized carbons (Fsp3) is 0.100. The minimum absolute atomic E-state index is 0.00459. The van der Waals surface area contributed by atoms with Crippen molar-refractivity contribution in [2.45, 2.75) is 6.10 Å². The summed E-state index contributed by atoms with van der Waals surface area (Å²) in [6.45, 7) is 0. The average molecular weight is 227 g/mol. The molecule has 0 aliphatic carbocycles. The van der Waals surface area contributed by atoms with E-state index in [1.165, 1.54) is 24.4 Å². The van der Waals surface area contributed by atoms with Gasteiger partial charge in [0.2, 0.25) is 0 Å². The highest BCUT2D eigenvalue weighted by Gasteiger charge is 2.12. The van der Waals surface area contributed by atoms with Crippen LogP contribution < -0.4 is 0 Å². The Morgan fingerprint density at radius 1 is 1.40 bits per heavy atom. The Balaban J connectivity index is 2.34. The van der Waals surface area contributed by atoms with Crippen LogP contribution in [0.25, 0.3) is 0 Å². The lowest BCUT2D eigenvalue weighted by molar-refractivity contribution is 0.220. The van der Waals surface area contributed by atoms with Crippen molar-refractivity contribution >= 4 is 11.6 Å². The summed E-state index contributed by atoms with van der Waals surface area (Å²) in [6, 6.07) is 4.11. The maximum atomic E-state index is 12.9. The quantitative estimate of drug-likeness (QED) is 0.826. The molecule has 15 heavy (non-hydrogen) atoms. The fourth-order valence-electron chi connectivity index (χ4n) is 1.29. The number of rotatable bonds is 2. The summed E-state index contributed by atoms with van der Waals surface area (Å²) in [5.41, 5.74) is 1.14. The predicted molar refractivity (Wildman–Crippen MR) is 54.1 cm³/mol. The van der Waals surface area contributed by atoms with Crippen LogP contribution in [0.15, 0.2) is 30.6 Å². The highest BCUT2D eigenvalue weighted by molar-refractivity contribution is 6.30. The van der Waals surface area contributed by atoms with Crippen LogP contribution in [0.2, 0.25) is 5.02 Å². The summed E-state index contributed by atoms with van der Waals surface area (Å²) in [7, 11) is 0. The molecule has 0 aliphatic heterocycles. The van der Waals surface area contributed by atoms with Gasteiger partial charge in [0.1, 0.15) is 11.9 Å². The molecule has 1 aromatic carbocycles. The van der Waals surface area contributed by atoms with Gasteiger partial charge in [-0.25, -0.2) is 4.39 Å². The van der Waals surface area contributed by atoms with Gasteiger partial charge in [0.05, 0.1) is 11.2 Å². The molecule has 2 rings (SSSR count). The molecule has 78 valence electrons. The van der Waals surface area contributed by atoms with Crippen LogP contribution in [0.5, 0.6) is 0 Å². The van der Waals surface area contributed by atoms with Crippen LogP contribution in [-0.2, 0) is 0 Å². The van der Waals surface area contributed by atoms with E-state index in [0.29, 0.717) is 11.1 Å². The first-order valence-electron chi connectivity index (χ1n) is 4.30. The summed E-state index contributed by atoms with van der Waals surface area (Å²) in [4.78, 5) is 0. The zero-order valence-corrected chi connectivity index (χ0v) is 8.37. The molecule has 2 N–H and O–H groups in total. The Labute approximate surface area is 90.5 Å². The van der Waals surface area contributed by atoms with Crippen LogP contribution in [0.4, 0.5) is 4.39 Å². The summed E-state index contributed by atoms with van der Waals surface area (Å²) < 4.78 is 12.9. The number of aliphatic hydroxyl groups excluding tert-OH is 1. The van der Waals surface area contributed by atoms with Crippen LogP contribution in [0, 0.1) is 5.82 Å². The molecule has 2 aromatic rings. The van der Waals surface area contributed by atoms with Crippen molar-refractivity contribution in [2.24, 2.45) is 0 Å². The molecule has 5 heteroatoms. The van der Waals surface area contributed by atoms with Crippen molar-refractivity contribution in [2.75, 3.05) is 0 Å². The van der Waals surface area contributed by atoms with Gasteiger partial charge < -0.3 is 5.11 Å². The molecule has 0 aliphatic rings. The number of nitrogens with zero attached hydrogens (tertiary/aromatic N) is 1. The van der Waals surface area contributed by atoms with Crippen LogP contribution in [0.1, 0.15) is 17.2 Å². The molecule has 1 unspecified atom stereocenters. The topological polar surface area (TPSA) is 48.9 Å². The normalized spacial score (nSPS) is 12.7. The zero-order valence-electron chi connectivity index (χ0n) is 7.61. The van der Waals surface area contributed by atoms with Crippen molar-refractivity contribution in [1.82, 2.24) is 10.2 Å². The van der Waals surface area contributed by atoms with Gasteiger partial charge >= 0.3 is 0 Å². The second-order valence-electron chi connectivity index (χ2n) is 3.11. The SMILES string of the molecule is OC(c1cn[nH]c1)c1ccc(F)c(Cl)c1. The van der Waals surface area contributed by atoms with E-state index < -0.39 is 11.9 Å².